The Morgan fingerprint density at radius 2 is 1.34 bits per heavy atom. The number of unbranched alkanes of at least 4 members (excludes halogenated alkanes) is 1. The van der Waals surface area contributed by atoms with Crippen LogP contribution in [0.5, 0.6) is 0 Å². The molecule has 10 nitrogen and oxygen atoms in total. The largest absolute Gasteiger partial charge is 0.450 e. The second kappa shape index (κ2) is 13.3. The van der Waals surface area contributed by atoms with Gasteiger partial charge >= 0.3 is 12.2 Å². The van der Waals surface area contributed by atoms with Gasteiger partial charge in [0, 0.05) is 13.1 Å². The number of amides is 2. The fraction of sp³-hybridized carbons (Fsp3) is 0.857. The molecule has 2 saturated carbocycles. The van der Waals surface area contributed by atoms with Crippen molar-refractivity contribution in [1.82, 2.24) is 10.6 Å². The van der Waals surface area contributed by atoms with Gasteiger partial charge in [0.05, 0.1) is 19.3 Å². The number of ether oxygens (including phenoxy) is 3. The molecule has 2 aliphatic carbocycles. The highest BCUT2D eigenvalue weighted by atomic mass is 16.6. The second-order valence-electron chi connectivity index (χ2n) is 13.5. The van der Waals surface area contributed by atoms with Crippen molar-refractivity contribution in [2.45, 2.75) is 105 Å². The van der Waals surface area contributed by atoms with E-state index in [2.05, 4.69) is 57.2 Å². The second-order valence-corrected chi connectivity index (χ2v) is 13.5. The van der Waals surface area contributed by atoms with Crippen molar-refractivity contribution in [3.05, 3.63) is 0 Å². The van der Waals surface area contributed by atoms with Gasteiger partial charge in [0.25, 0.3) is 6.26 Å². The van der Waals surface area contributed by atoms with Gasteiger partial charge in [-0.2, -0.15) is 5.26 Å². The average molecular weight is 535 g/mol. The van der Waals surface area contributed by atoms with Crippen LogP contribution >= 0.6 is 0 Å². The van der Waals surface area contributed by atoms with E-state index in [1.807, 2.05) is 0 Å². The highest BCUT2D eigenvalue weighted by molar-refractivity contribution is 5.67. The number of rotatable bonds is 11. The molecule has 0 aromatic rings. The van der Waals surface area contributed by atoms with Gasteiger partial charge in [0.1, 0.15) is 6.10 Å². The molecule has 0 heterocycles. The summed E-state index contributed by atoms with van der Waals surface area (Å²) in [6.07, 6.45) is 8.40. The number of carbonyl (C=O) groups excluding carboxylic acids is 3. The van der Waals surface area contributed by atoms with E-state index in [9.17, 15) is 14.4 Å². The lowest BCUT2D eigenvalue weighted by Crippen LogP contribution is -2.45. The van der Waals surface area contributed by atoms with Crippen LogP contribution < -0.4 is 10.6 Å². The molecule has 10 heteroatoms. The van der Waals surface area contributed by atoms with Gasteiger partial charge < -0.3 is 24.8 Å². The van der Waals surface area contributed by atoms with Crippen molar-refractivity contribution < 1.29 is 28.6 Å². The van der Waals surface area contributed by atoms with Gasteiger partial charge in [-0.25, -0.2) is 19.4 Å². The van der Waals surface area contributed by atoms with E-state index in [-0.39, 0.29) is 47.0 Å². The van der Waals surface area contributed by atoms with Crippen LogP contribution in [0.25, 0.3) is 0 Å². The predicted octanol–water partition coefficient (Wildman–Crippen LogP) is 5.22. The predicted molar refractivity (Wildman–Crippen MR) is 142 cm³/mol. The Bertz CT molecular complexity index is 910. The van der Waals surface area contributed by atoms with Crippen molar-refractivity contribution in [3.63, 3.8) is 0 Å². The van der Waals surface area contributed by atoms with Crippen LogP contribution in [0.2, 0.25) is 0 Å². The molecule has 0 radical (unpaired) electrons. The lowest BCUT2D eigenvalue weighted by molar-refractivity contribution is -0.0107. The Morgan fingerprint density at radius 3 is 1.84 bits per heavy atom. The first kappa shape index (κ1) is 31.4. The molecule has 2 aliphatic rings. The van der Waals surface area contributed by atoms with Crippen LogP contribution in [0.4, 0.5) is 9.59 Å². The van der Waals surface area contributed by atoms with Crippen molar-refractivity contribution in [2.75, 3.05) is 26.3 Å². The molecule has 0 aromatic heterocycles. The van der Waals surface area contributed by atoms with Crippen molar-refractivity contribution in [2.24, 2.45) is 26.7 Å². The summed E-state index contributed by atoms with van der Waals surface area (Å²) in [5.74, 6) is 0. The summed E-state index contributed by atoms with van der Waals surface area (Å²) in [6, 6.07) is -0.0804. The van der Waals surface area contributed by atoms with Crippen LogP contribution in [-0.4, -0.2) is 56.7 Å². The van der Waals surface area contributed by atoms with Gasteiger partial charge in [-0.05, 0) is 73.0 Å². The number of hydrogen-bond donors (Lipinski definition) is 2. The number of carbonyl (C=O) groups is 2. The molecule has 2 fully saturated rings. The van der Waals surface area contributed by atoms with E-state index < -0.39 is 12.2 Å². The SMILES string of the molecule is CC1(C)CC(N=C=O)CC(C)(CNC(=O)OCCCCOC(=O)NCC2(C)CC(OC#N)CC(C)(C)C2)C1. The molecule has 2 rings (SSSR count). The maximum atomic E-state index is 12.2. The first-order valence-electron chi connectivity index (χ1n) is 13.6. The van der Waals surface area contributed by atoms with Crippen LogP contribution in [0.3, 0.4) is 0 Å². The van der Waals surface area contributed by atoms with Gasteiger partial charge in [-0.15, -0.1) is 0 Å². The molecule has 38 heavy (non-hydrogen) atoms. The topological polar surface area (TPSA) is 139 Å². The highest BCUT2D eigenvalue weighted by Crippen LogP contribution is 2.47. The summed E-state index contributed by atoms with van der Waals surface area (Å²) in [5.41, 5.74) is -0.323. The summed E-state index contributed by atoms with van der Waals surface area (Å²) >= 11 is 0. The standard InChI is InChI=1S/C28H46N4O6/c1-25(2)11-21(32-20-33)12-27(5,15-25)17-30-23(34)36-9-7-8-10-37-24(35)31-18-28(6)14-22(38-19-29)13-26(3,4)16-28/h21-22H,7-18H2,1-6H3,(H,30,34)(H,31,35). The molecule has 4 unspecified atom stereocenters. The molecule has 0 saturated heterocycles. The van der Waals surface area contributed by atoms with Crippen molar-refractivity contribution in [1.29, 1.82) is 5.26 Å². The van der Waals surface area contributed by atoms with Gasteiger partial charge in [-0.1, -0.05) is 41.5 Å². The molecule has 2 amide bonds. The number of nitrogens with one attached hydrogen (secondary N) is 2. The minimum absolute atomic E-state index is 0.0183. The molecule has 0 aliphatic heterocycles. The lowest BCUT2D eigenvalue weighted by Gasteiger charge is -2.45. The number of isocyanates is 1. The highest BCUT2D eigenvalue weighted by Gasteiger charge is 2.43. The van der Waals surface area contributed by atoms with E-state index in [0.29, 0.717) is 32.4 Å². The zero-order valence-corrected chi connectivity index (χ0v) is 24.0. The van der Waals surface area contributed by atoms with E-state index in [1.54, 1.807) is 12.3 Å². The zero-order valence-electron chi connectivity index (χ0n) is 24.0. The van der Waals surface area contributed by atoms with Gasteiger partial charge in [0.15, 0.2) is 0 Å². The van der Waals surface area contributed by atoms with E-state index >= 15 is 0 Å². The summed E-state index contributed by atoms with van der Waals surface area (Å²) in [4.78, 5) is 39.0. The Labute approximate surface area is 227 Å². The Balaban J connectivity index is 1.61. The summed E-state index contributed by atoms with van der Waals surface area (Å²) in [5, 5.41) is 14.6. The number of aliphatic imine (C=N–C) groups is 1. The van der Waals surface area contributed by atoms with E-state index in [1.165, 1.54) is 0 Å². The molecule has 4 atom stereocenters. The van der Waals surface area contributed by atoms with E-state index in [4.69, 9.17) is 19.5 Å². The number of hydrogen-bond acceptors (Lipinski definition) is 8. The summed E-state index contributed by atoms with van der Waals surface area (Å²) in [7, 11) is 0. The van der Waals surface area contributed by atoms with Crippen molar-refractivity contribution in [3.8, 4) is 6.26 Å². The molecule has 0 bridgehead atoms. The van der Waals surface area contributed by atoms with Crippen LogP contribution in [0.1, 0.15) is 92.9 Å². The fourth-order valence-electron chi connectivity index (χ4n) is 6.92. The summed E-state index contributed by atoms with van der Waals surface area (Å²) < 4.78 is 15.8. The third-order valence-corrected chi connectivity index (χ3v) is 7.61. The maximum absolute atomic E-state index is 12.2. The normalized spacial score (nSPS) is 29.6. The first-order valence-corrected chi connectivity index (χ1v) is 13.6. The van der Waals surface area contributed by atoms with Gasteiger partial charge in [-0.3, -0.25) is 0 Å². The number of alkyl carbamates (subject to hydrolysis) is 2. The minimum Gasteiger partial charge on any atom is -0.450 e. The molecular formula is C28H46N4O6. The molecule has 214 valence electrons. The third-order valence-electron chi connectivity index (χ3n) is 7.61. The smallest absolute Gasteiger partial charge is 0.407 e. The Kier molecular flexibility index (Phi) is 11.0. The van der Waals surface area contributed by atoms with Crippen LogP contribution in [0.15, 0.2) is 4.99 Å². The molecule has 0 spiro atoms. The van der Waals surface area contributed by atoms with Crippen LogP contribution in [0, 0.1) is 33.2 Å². The molecular weight excluding hydrogens is 488 g/mol. The third kappa shape index (κ3) is 10.9. The number of nitriles is 1. The molecule has 0 aromatic carbocycles. The Morgan fingerprint density at radius 1 is 0.842 bits per heavy atom. The van der Waals surface area contributed by atoms with Crippen molar-refractivity contribution >= 4 is 18.3 Å². The molecule has 2 N–H and O–H groups in total. The zero-order chi connectivity index (χ0) is 28.5. The first-order chi connectivity index (χ1) is 17.7. The minimum atomic E-state index is -0.481. The maximum Gasteiger partial charge on any atom is 0.407 e. The average Bonchev–Trinajstić information content (AvgIpc) is 2.76. The summed E-state index contributed by atoms with van der Waals surface area (Å²) in [6.45, 7) is 14.1. The lowest BCUT2D eigenvalue weighted by atomic mass is 9.63. The quantitative estimate of drug-likeness (QED) is 0.160. The fourth-order valence-corrected chi connectivity index (χ4v) is 6.92. The van der Waals surface area contributed by atoms with Crippen LogP contribution in [-0.2, 0) is 19.0 Å². The Hall–Kier alpha value is -2.79. The van der Waals surface area contributed by atoms with Gasteiger partial charge in [0.2, 0.25) is 6.08 Å². The monoisotopic (exact) mass is 534 g/mol. The van der Waals surface area contributed by atoms with E-state index in [0.717, 1.165) is 32.1 Å². The number of nitrogens with zero attached hydrogens (tertiary/aromatic N) is 2.